The number of hydrogen-bond donors (Lipinski definition) is 0. The zero-order valence-electron chi connectivity index (χ0n) is 21.4. The number of nitro groups is 1. The van der Waals surface area contributed by atoms with Crippen LogP contribution in [0.4, 0.5) is 10.1 Å². The van der Waals surface area contributed by atoms with Crippen LogP contribution in [0.25, 0.3) is 0 Å². The number of carbonyl (C=O) groups is 1. The van der Waals surface area contributed by atoms with Crippen molar-refractivity contribution in [2.24, 2.45) is 0 Å². The van der Waals surface area contributed by atoms with Gasteiger partial charge in [-0.3, -0.25) is 19.8 Å². The van der Waals surface area contributed by atoms with E-state index in [-0.39, 0.29) is 29.6 Å². The number of sulfonamides is 1. The second-order valence-corrected chi connectivity index (χ2v) is 12.5. The highest BCUT2D eigenvalue weighted by Gasteiger charge is 2.31. The molecule has 0 saturated carbocycles. The number of halogens is 2. The molecule has 0 N–H and O–H groups in total. The number of nitro benzene ring substituents is 1. The summed E-state index contributed by atoms with van der Waals surface area (Å²) in [6.07, 6.45) is 0. The third kappa shape index (κ3) is 7.83. The summed E-state index contributed by atoms with van der Waals surface area (Å²) >= 11 is 7.37. The molecule has 40 heavy (non-hydrogen) atoms. The molecular formula is C26H28ClFN4O6S2. The van der Waals surface area contributed by atoms with E-state index in [9.17, 15) is 27.7 Å². The summed E-state index contributed by atoms with van der Waals surface area (Å²) in [7, 11) is -4.33. The number of thiophene rings is 1. The predicted octanol–water partition coefficient (Wildman–Crippen LogP) is 4.00. The number of nitrogens with zero attached hydrogens (tertiary/aromatic N) is 4. The van der Waals surface area contributed by atoms with Gasteiger partial charge in [0.1, 0.15) is 10.8 Å². The second kappa shape index (κ2) is 13.6. The van der Waals surface area contributed by atoms with Gasteiger partial charge < -0.3 is 9.64 Å². The smallest absolute Gasteiger partial charge is 0.289 e. The maximum absolute atomic E-state index is 13.8. The maximum atomic E-state index is 13.8. The summed E-state index contributed by atoms with van der Waals surface area (Å²) in [4.78, 5) is 28.5. The van der Waals surface area contributed by atoms with Crippen molar-refractivity contribution < 1.29 is 27.3 Å². The fraction of sp³-hybridized carbons (Fsp3) is 0.346. The lowest BCUT2D eigenvalue weighted by molar-refractivity contribution is -0.384. The van der Waals surface area contributed by atoms with Crippen LogP contribution in [-0.2, 0) is 32.6 Å². The van der Waals surface area contributed by atoms with E-state index in [4.69, 9.17) is 16.3 Å². The number of morpholine rings is 1. The summed E-state index contributed by atoms with van der Waals surface area (Å²) in [5.41, 5.74) is 0.139. The first-order valence-electron chi connectivity index (χ1n) is 12.4. The van der Waals surface area contributed by atoms with Crippen LogP contribution in [0, 0.1) is 15.9 Å². The fourth-order valence-corrected chi connectivity index (χ4v) is 6.49. The molecule has 0 aliphatic carbocycles. The van der Waals surface area contributed by atoms with E-state index in [1.54, 1.807) is 12.1 Å². The summed E-state index contributed by atoms with van der Waals surface area (Å²) in [5, 5.41) is 13.1. The second-order valence-electron chi connectivity index (χ2n) is 9.12. The van der Waals surface area contributed by atoms with E-state index in [0.717, 1.165) is 21.3 Å². The predicted molar refractivity (Wildman–Crippen MR) is 149 cm³/mol. The fourth-order valence-electron chi connectivity index (χ4n) is 4.19. The van der Waals surface area contributed by atoms with Crippen molar-refractivity contribution in [3.05, 3.63) is 91.4 Å². The topological polar surface area (TPSA) is 113 Å². The quantitative estimate of drug-likeness (QED) is 0.225. The molecule has 1 aromatic heterocycles. The van der Waals surface area contributed by atoms with Crippen LogP contribution in [0.2, 0.25) is 5.02 Å². The van der Waals surface area contributed by atoms with Gasteiger partial charge in [0.05, 0.1) is 36.1 Å². The van der Waals surface area contributed by atoms with Crippen molar-refractivity contribution in [2.75, 3.05) is 45.9 Å². The van der Waals surface area contributed by atoms with Gasteiger partial charge in [0.15, 0.2) is 0 Å². The van der Waals surface area contributed by atoms with E-state index in [1.807, 2.05) is 22.4 Å². The average molecular weight is 611 g/mol. The minimum Gasteiger partial charge on any atom is -0.379 e. The molecule has 214 valence electrons. The Morgan fingerprint density at radius 1 is 1.12 bits per heavy atom. The Labute approximate surface area is 240 Å². The van der Waals surface area contributed by atoms with E-state index >= 15 is 0 Å². The van der Waals surface area contributed by atoms with Crippen LogP contribution in [0.3, 0.4) is 0 Å². The minimum atomic E-state index is -4.33. The lowest BCUT2D eigenvalue weighted by Gasteiger charge is -2.31. The first kappa shape index (κ1) is 30.0. The normalized spacial score (nSPS) is 14.4. The molecule has 0 spiro atoms. The molecule has 4 rings (SSSR count). The number of benzene rings is 2. The summed E-state index contributed by atoms with van der Waals surface area (Å²) < 4.78 is 47.4. The molecule has 0 bridgehead atoms. The Kier molecular flexibility index (Phi) is 10.2. The Morgan fingerprint density at radius 2 is 1.85 bits per heavy atom. The van der Waals surface area contributed by atoms with Gasteiger partial charge in [-0.05, 0) is 41.3 Å². The SMILES string of the molecule is O=C(CN(CCN1CCOCC1)S(=O)(=O)c1ccc(Cl)c([N+](=O)[O-])c1)N(Cc1ccc(F)cc1)Cc1cccs1. The highest BCUT2D eigenvalue weighted by molar-refractivity contribution is 7.89. The van der Waals surface area contributed by atoms with E-state index in [0.29, 0.717) is 38.4 Å². The third-order valence-corrected chi connectivity index (χ3v) is 9.42. The number of rotatable bonds is 12. The standard InChI is InChI=1S/C26H28ClFN4O6S2/c27-24-8-7-23(16-25(24)32(34)35)40(36,37)31(10-9-29-11-13-38-14-12-29)19-26(33)30(18-22-2-1-15-39-22)17-20-3-5-21(28)6-4-20/h1-8,15-16H,9-14,17-19H2. The van der Waals surface area contributed by atoms with Gasteiger partial charge in [0.2, 0.25) is 15.9 Å². The molecule has 2 aromatic carbocycles. The van der Waals surface area contributed by atoms with E-state index < -0.39 is 38.9 Å². The third-order valence-electron chi connectivity index (χ3n) is 6.40. The van der Waals surface area contributed by atoms with Crippen LogP contribution in [0.15, 0.2) is 64.9 Å². The van der Waals surface area contributed by atoms with Crippen LogP contribution in [0.5, 0.6) is 0 Å². The van der Waals surface area contributed by atoms with Crippen molar-refractivity contribution in [2.45, 2.75) is 18.0 Å². The molecule has 2 heterocycles. The zero-order chi connectivity index (χ0) is 28.7. The molecule has 0 unspecified atom stereocenters. The van der Waals surface area contributed by atoms with Gasteiger partial charge in [0.25, 0.3) is 5.69 Å². The minimum absolute atomic E-state index is 0.0200. The number of ether oxygens (including phenoxy) is 1. The summed E-state index contributed by atoms with van der Waals surface area (Å²) in [6, 6.07) is 12.7. The maximum Gasteiger partial charge on any atom is 0.289 e. The van der Waals surface area contributed by atoms with Crippen molar-refractivity contribution in [1.29, 1.82) is 0 Å². The molecule has 1 aliphatic rings. The number of carbonyl (C=O) groups excluding carboxylic acids is 1. The summed E-state index contributed by atoms with van der Waals surface area (Å²) in [5.74, 6) is -0.871. The first-order valence-corrected chi connectivity index (χ1v) is 15.1. The lowest BCUT2D eigenvalue weighted by atomic mass is 10.2. The Hall–Kier alpha value is -2.94. The van der Waals surface area contributed by atoms with Crippen LogP contribution in [-0.4, -0.2) is 79.3 Å². The van der Waals surface area contributed by atoms with Gasteiger partial charge in [-0.25, -0.2) is 12.8 Å². The van der Waals surface area contributed by atoms with Crippen molar-refractivity contribution >= 4 is 44.6 Å². The molecule has 0 atom stereocenters. The van der Waals surface area contributed by atoms with E-state index in [1.165, 1.54) is 34.4 Å². The van der Waals surface area contributed by atoms with E-state index in [2.05, 4.69) is 0 Å². The van der Waals surface area contributed by atoms with Gasteiger partial charge in [-0.1, -0.05) is 29.8 Å². The summed E-state index contributed by atoms with van der Waals surface area (Å²) in [6.45, 7) is 2.46. The monoisotopic (exact) mass is 610 g/mol. The molecule has 14 heteroatoms. The van der Waals surface area contributed by atoms with Gasteiger partial charge >= 0.3 is 0 Å². The van der Waals surface area contributed by atoms with Gasteiger partial charge in [-0.15, -0.1) is 11.3 Å². The molecule has 1 aliphatic heterocycles. The molecule has 10 nitrogen and oxygen atoms in total. The molecule has 1 amide bonds. The molecular weight excluding hydrogens is 583 g/mol. The van der Waals surface area contributed by atoms with Gasteiger partial charge in [0, 0.05) is 43.7 Å². The molecule has 3 aromatic rings. The van der Waals surface area contributed by atoms with Crippen LogP contribution < -0.4 is 0 Å². The van der Waals surface area contributed by atoms with Crippen molar-refractivity contribution in [1.82, 2.24) is 14.1 Å². The van der Waals surface area contributed by atoms with Crippen molar-refractivity contribution in [3.8, 4) is 0 Å². The zero-order valence-corrected chi connectivity index (χ0v) is 23.8. The van der Waals surface area contributed by atoms with Crippen LogP contribution in [0.1, 0.15) is 10.4 Å². The largest absolute Gasteiger partial charge is 0.379 e. The van der Waals surface area contributed by atoms with Crippen LogP contribution >= 0.6 is 22.9 Å². The lowest BCUT2D eigenvalue weighted by Crippen LogP contribution is -2.47. The Balaban J connectivity index is 1.62. The molecule has 0 radical (unpaired) electrons. The highest BCUT2D eigenvalue weighted by atomic mass is 35.5. The highest BCUT2D eigenvalue weighted by Crippen LogP contribution is 2.29. The van der Waals surface area contributed by atoms with Gasteiger partial charge in [-0.2, -0.15) is 4.31 Å². The molecule has 1 saturated heterocycles. The molecule has 1 fully saturated rings. The van der Waals surface area contributed by atoms with Crippen molar-refractivity contribution in [3.63, 3.8) is 0 Å². The number of amides is 1. The average Bonchev–Trinajstić information content (AvgIpc) is 3.45. The Morgan fingerprint density at radius 3 is 2.50 bits per heavy atom. The number of hydrogen-bond acceptors (Lipinski definition) is 8. The Bertz CT molecular complexity index is 1420. The first-order chi connectivity index (χ1) is 19.1.